The van der Waals surface area contributed by atoms with Gasteiger partial charge in [0.2, 0.25) is 0 Å². The first kappa shape index (κ1) is 14.3. The van der Waals surface area contributed by atoms with Crippen molar-refractivity contribution in [3.63, 3.8) is 0 Å². The van der Waals surface area contributed by atoms with E-state index in [-0.39, 0.29) is 17.0 Å². The summed E-state index contributed by atoms with van der Waals surface area (Å²) in [4.78, 5) is 23.3. The lowest BCUT2D eigenvalue weighted by molar-refractivity contribution is 0.102. The Morgan fingerprint density at radius 1 is 1.30 bits per heavy atom. The molecule has 1 aromatic carbocycles. The Morgan fingerprint density at radius 2 is 2.00 bits per heavy atom. The quantitative estimate of drug-likeness (QED) is 0.924. The Hall–Kier alpha value is -2.14. The van der Waals surface area contributed by atoms with Crippen molar-refractivity contribution < 1.29 is 13.6 Å². The maximum Gasteiger partial charge on any atom is 0.336 e. The second-order valence-electron chi connectivity index (χ2n) is 4.26. The Balaban J connectivity index is 2.38. The average Bonchev–Trinajstić information content (AvgIpc) is 2.32. The molecule has 6 heteroatoms. The molecule has 0 atom stereocenters. The molecule has 0 aliphatic carbocycles. The topological polar surface area (TPSA) is 59.3 Å². The van der Waals surface area contributed by atoms with Crippen LogP contribution < -0.4 is 10.9 Å². The predicted molar refractivity (Wildman–Crippen MR) is 73.8 cm³/mol. The van der Waals surface area contributed by atoms with E-state index < -0.39 is 17.3 Å². The molecule has 2 rings (SSSR count). The van der Waals surface area contributed by atoms with Crippen molar-refractivity contribution in [2.24, 2.45) is 0 Å². The van der Waals surface area contributed by atoms with Crippen LogP contribution >= 0.6 is 11.6 Å². The van der Waals surface area contributed by atoms with Gasteiger partial charge in [-0.25, -0.2) is 9.18 Å². The lowest BCUT2D eigenvalue weighted by Gasteiger charge is -2.10. The van der Waals surface area contributed by atoms with Crippen molar-refractivity contribution in [2.45, 2.75) is 13.8 Å². The zero-order chi connectivity index (χ0) is 14.9. The van der Waals surface area contributed by atoms with E-state index in [0.29, 0.717) is 10.6 Å². The van der Waals surface area contributed by atoms with Gasteiger partial charge in [0.05, 0.1) is 11.3 Å². The van der Waals surface area contributed by atoms with E-state index in [1.54, 1.807) is 6.92 Å². The first-order valence-electron chi connectivity index (χ1n) is 5.76. The average molecular weight is 296 g/mol. The third-order valence-corrected chi connectivity index (χ3v) is 2.97. The molecule has 2 aromatic rings. The second-order valence-corrected chi connectivity index (χ2v) is 4.69. The zero-order valence-corrected chi connectivity index (χ0v) is 11.5. The Bertz CT molecular complexity index is 713. The maximum absolute atomic E-state index is 13.6. The van der Waals surface area contributed by atoms with Gasteiger partial charge in [0.1, 0.15) is 11.6 Å². The van der Waals surface area contributed by atoms with Crippen LogP contribution in [0.2, 0.25) is 5.02 Å². The fraction of sp³-hybridized carbons (Fsp3) is 0.143. The summed E-state index contributed by atoms with van der Waals surface area (Å²) in [7, 11) is 0. The number of amides is 1. The standard InChI is InChI=1S/C14H11ClFNO3/c1-7-5-12(18)20-8(2)13(7)14(19)17-11-6-9(15)3-4-10(11)16/h3-6H,1-2H3,(H,17,19). The highest BCUT2D eigenvalue weighted by Gasteiger charge is 2.16. The summed E-state index contributed by atoms with van der Waals surface area (Å²) < 4.78 is 18.4. The number of hydrogen-bond acceptors (Lipinski definition) is 3. The number of anilines is 1. The number of aryl methyl sites for hydroxylation is 2. The van der Waals surface area contributed by atoms with Crippen LogP contribution in [0.15, 0.2) is 33.5 Å². The molecular weight excluding hydrogens is 285 g/mol. The number of carbonyl (C=O) groups is 1. The summed E-state index contributed by atoms with van der Waals surface area (Å²) in [6.07, 6.45) is 0. The van der Waals surface area contributed by atoms with Crippen LogP contribution in [0.1, 0.15) is 21.7 Å². The molecule has 0 bridgehead atoms. The first-order valence-corrected chi connectivity index (χ1v) is 6.14. The number of rotatable bonds is 2. The molecule has 104 valence electrons. The van der Waals surface area contributed by atoms with Crippen LogP contribution in [0.5, 0.6) is 0 Å². The highest BCUT2D eigenvalue weighted by atomic mass is 35.5. The van der Waals surface area contributed by atoms with Crippen LogP contribution in [-0.4, -0.2) is 5.91 Å². The number of carbonyl (C=O) groups excluding carboxylic acids is 1. The van der Waals surface area contributed by atoms with Gasteiger partial charge in [-0.1, -0.05) is 11.6 Å². The first-order chi connectivity index (χ1) is 9.38. The maximum atomic E-state index is 13.6. The lowest BCUT2D eigenvalue weighted by atomic mass is 10.1. The molecular formula is C14H11ClFNO3. The van der Waals surface area contributed by atoms with E-state index in [4.69, 9.17) is 16.0 Å². The Labute approximate surface area is 119 Å². The van der Waals surface area contributed by atoms with Crippen molar-refractivity contribution >= 4 is 23.2 Å². The Morgan fingerprint density at radius 3 is 2.65 bits per heavy atom. The van der Waals surface area contributed by atoms with E-state index in [9.17, 15) is 14.0 Å². The minimum absolute atomic E-state index is 0.0347. The van der Waals surface area contributed by atoms with Crippen LogP contribution in [-0.2, 0) is 0 Å². The molecule has 0 fully saturated rings. The number of nitrogens with one attached hydrogen (secondary N) is 1. The van der Waals surface area contributed by atoms with Crippen molar-refractivity contribution in [3.8, 4) is 0 Å². The highest BCUT2D eigenvalue weighted by molar-refractivity contribution is 6.31. The fourth-order valence-corrected chi connectivity index (χ4v) is 2.05. The molecule has 0 aliphatic heterocycles. The smallest absolute Gasteiger partial charge is 0.336 e. The largest absolute Gasteiger partial charge is 0.427 e. The summed E-state index contributed by atoms with van der Waals surface area (Å²) in [5, 5.41) is 2.71. The van der Waals surface area contributed by atoms with Gasteiger partial charge >= 0.3 is 5.63 Å². The van der Waals surface area contributed by atoms with Gasteiger partial charge < -0.3 is 9.73 Å². The number of benzene rings is 1. The van der Waals surface area contributed by atoms with Crippen molar-refractivity contribution in [1.29, 1.82) is 0 Å². The molecule has 1 aromatic heterocycles. The molecule has 0 spiro atoms. The molecule has 1 heterocycles. The number of halogens is 2. The molecule has 0 aliphatic rings. The van der Waals surface area contributed by atoms with Gasteiger partial charge in [-0.2, -0.15) is 0 Å². The van der Waals surface area contributed by atoms with E-state index in [0.717, 1.165) is 6.07 Å². The van der Waals surface area contributed by atoms with Crippen LogP contribution in [0.4, 0.5) is 10.1 Å². The monoisotopic (exact) mass is 295 g/mol. The van der Waals surface area contributed by atoms with Crippen LogP contribution in [0, 0.1) is 19.7 Å². The van der Waals surface area contributed by atoms with Gasteiger partial charge in [0.25, 0.3) is 5.91 Å². The molecule has 0 saturated carbocycles. The SMILES string of the molecule is Cc1cc(=O)oc(C)c1C(=O)Nc1cc(Cl)ccc1F. The highest BCUT2D eigenvalue weighted by Crippen LogP contribution is 2.21. The second kappa shape index (κ2) is 5.46. The van der Waals surface area contributed by atoms with Gasteiger partial charge in [-0.05, 0) is 37.6 Å². The number of hydrogen-bond donors (Lipinski definition) is 1. The van der Waals surface area contributed by atoms with Crippen molar-refractivity contribution in [3.05, 3.63) is 62.4 Å². The van der Waals surface area contributed by atoms with Crippen molar-refractivity contribution in [1.82, 2.24) is 0 Å². The minimum atomic E-state index is -0.601. The molecule has 0 saturated heterocycles. The van der Waals surface area contributed by atoms with E-state index in [1.807, 2.05) is 0 Å². The molecule has 20 heavy (non-hydrogen) atoms. The zero-order valence-electron chi connectivity index (χ0n) is 10.8. The Kier molecular flexibility index (Phi) is 3.90. The third kappa shape index (κ3) is 2.88. The third-order valence-electron chi connectivity index (χ3n) is 2.74. The molecule has 1 N–H and O–H groups in total. The fourth-order valence-electron chi connectivity index (χ4n) is 1.88. The molecule has 0 radical (unpaired) electrons. The summed E-state index contributed by atoms with van der Waals surface area (Å²) in [6, 6.07) is 5.04. The lowest BCUT2D eigenvalue weighted by Crippen LogP contribution is -2.18. The van der Waals surface area contributed by atoms with Gasteiger partial charge in [0, 0.05) is 11.1 Å². The van der Waals surface area contributed by atoms with E-state index >= 15 is 0 Å². The molecule has 1 amide bonds. The molecule has 4 nitrogen and oxygen atoms in total. The summed E-state index contributed by atoms with van der Waals surface area (Å²) in [5.74, 6) is -0.990. The molecule has 0 unspecified atom stereocenters. The normalized spacial score (nSPS) is 10.4. The summed E-state index contributed by atoms with van der Waals surface area (Å²) >= 11 is 5.75. The van der Waals surface area contributed by atoms with Gasteiger partial charge in [-0.15, -0.1) is 0 Å². The van der Waals surface area contributed by atoms with Gasteiger partial charge in [0.15, 0.2) is 0 Å². The van der Waals surface area contributed by atoms with Crippen LogP contribution in [0.25, 0.3) is 0 Å². The minimum Gasteiger partial charge on any atom is -0.427 e. The predicted octanol–water partition coefficient (Wildman–Crippen LogP) is 3.30. The summed E-state index contributed by atoms with van der Waals surface area (Å²) in [6.45, 7) is 3.10. The van der Waals surface area contributed by atoms with Crippen LogP contribution in [0.3, 0.4) is 0 Å². The van der Waals surface area contributed by atoms with E-state index in [1.165, 1.54) is 25.1 Å². The van der Waals surface area contributed by atoms with E-state index in [2.05, 4.69) is 5.32 Å². The van der Waals surface area contributed by atoms with Gasteiger partial charge in [-0.3, -0.25) is 4.79 Å². The summed E-state index contributed by atoms with van der Waals surface area (Å²) in [5.41, 5.74) is 0.0839. The van der Waals surface area contributed by atoms with Crippen molar-refractivity contribution in [2.75, 3.05) is 5.32 Å².